The van der Waals surface area contributed by atoms with Crippen molar-refractivity contribution in [3.8, 4) is 0 Å². The minimum atomic E-state index is -0.580. The van der Waals surface area contributed by atoms with E-state index < -0.39 is 5.60 Å². The maximum absolute atomic E-state index is 11.2. The number of benzene rings is 1. The summed E-state index contributed by atoms with van der Waals surface area (Å²) in [6.07, 6.45) is 9.51. The second-order valence-corrected chi connectivity index (χ2v) is 7.72. The van der Waals surface area contributed by atoms with Crippen molar-refractivity contribution in [2.24, 2.45) is 11.8 Å². The molecule has 0 bridgehead atoms. The van der Waals surface area contributed by atoms with E-state index in [2.05, 4.69) is 38.1 Å². The molecule has 2 unspecified atom stereocenters. The first-order valence-electron chi connectivity index (χ1n) is 8.91. The first-order valence-corrected chi connectivity index (χ1v) is 8.91. The van der Waals surface area contributed by atoms with Gasteiger partial charge < -0.3 is 5.11 Å². The lowest BCUT2D eigenvalue weighted by molar-refractivity contribution is 0.0190. The predicted octanol–water partition coefficient (Wildman–Crippen LogP) is 5.38. The van der Waals surface area contributed by atoms with Gasteiger partial charge in [-0.2, -0.15) is 0 Å². The topological polar surface area (TPSA) is 20.2 Å². The van der Waals surface area contributed by atoms with Crippen LogP contribution in [0.3, 0.4) is 0 Å². The van der Waals surface area contributed by atoms with Crippen molar-refractivity contribution in [3.63, 3.8) is 0 Å². The van der Waals surface area contributed by atoms with E-state index in [1.165, 1.54) is 43.2 Å². The SMILES string of the molecule is CC(C)C1CCCC(O)(c2cccc(C3CCC3)c2)CC1. The third-order valence-electron chi connectivity index (χ3n) is 6.04. The van der Waals surface area contributed by atoms with Crippen LogP contribution in [0.1, 0.15) is 82.3 Å². The molecule has 3 rings (SSSR count). The highest BCUT2D eigenvalue weighted by Crippen LogP contribution is 2.42. The molecule has 1 aromatic rings. The summed E-state index contributed by atoms with van der Waals surface area (Å²) in [5, 5.41) is 11.2. The summed E-state index contributed by atoms with van der Waals surface area (Å²) in [6.45, 7) is 4.65. The average Bonchev–Trinajstić information content (AvgIpc) is 2.60. The molecule has 2 aliphatic rings. The highest BCUT2D eigenvalue weighted by atomic mass is 16.3. The van der Waals surface area contributed by atoms with Crippen LogP contribution in [0.15, 0.2) is 24.3 Å². The molecule has 116 valence electrons. The zero-order valence-electron chi connectivity index (χ0n) is 13.6. The van der Waals surface area contributed by atoms with E-state index in [0.29, 0.717) is 0 Å². The quantitative estimate of drug-likeness (QED) is 0.740. The van der Waals surface area contributed by atoms with Crippen LogP contribution in [0.2, 0.25) is 0 Å². The normalized spacial score (nSPS) is 31.0. The van der Waals surface area contributed by atoms with Crippen molar-refractivity contribution in [2.75, 3.05) is 0 Å². The molecular formula is C20H30O. The van der Waals surface area contributed by atoms with E-state index in [1.807, 2.05) is 0 Å². The average molecular weight is 286 g/mol. The molecule has 2 fully saturated rings. The third-order valence-corrected chi connectivity index (χ3v) is 6.04. The van der Waals surface area contributed by atoms with Gasteiger partial charge in [-0.3, -0.25) is 0 Å². The fourth-order valence-corrected chi connectivity index (χ4v) is 4.13. The molecule has 0 aliphatic heterocycles. The molecule has 0 radical (unpaired) electrons. The van der Waals surface area contributed by atoms with Crippen LogP contribution in [0.25, 0.3) is 0 Å². The first-order chi connectivity index (χ1) is 10.1. The van der Waals surface area contributed by atoms with E-state index >= 15 is 0 Å². The van der Waals surface area contributed by atoms with Crippen LogP contribution in [-0.2, 0) is 5.60 Å². The van der Waals surface area contributed by atoms with Gasteiger partial charge in [-0.25, -0.2) is 0 Å². The van der Waals surface area contributed by atoms with Gasteiger partial charge in [-0.15, -0.1) is 0 Å². The summed E-state index contributed by atoms with van der Waals surface area (Å²) < 4.78 is 0. The van der Waals surface area contributed by atoms with Crippen LogP contribution in [0, 0.1) is 11.8 Å². The molecule has 0 heterocycles. The van der Waals surface area contributed by atoms with Gasteiger partial charge >= 0.3 is 0 Å². The van der Waals surface area contributed by atoms with Gasteiger partial charge in [0.25, 0.3) is 0 Å². The van der Waals surface area contributed by atoms with Gasteiger partial charge in [0, 0.05) is 0 Å². The van der Waals surface area contributed by atoms with E-state index in [-0.39, 0.29) is 0 Å². The van der Waals surface area contributed by atoms with Crippen LogP contribution >= 0.6 is 0 Å². The number of hydrogen-bond donors (Lipinski definition) is 1. The highest BCUT2D eigenvalue weighted by Gasteiger charge is 2.34. The summed E-state index contributed by atoms with van der Waals surface area (Å²) in [6, 6.07) is 8.87. The molecule has 0 aromatic heterocycles. The minimum Gasteiger partial charge on any atom is -0.385 e. The molecule has 2 atom stereocenters. The molecule has 0 saturated heterocycles. The van der Waals surface area contributed by atoms with Crippen molar-refractivity contribution in [1.29, 1.82) is 0 Å². The molecule has 1 nitrogen and oxygen atoms in total. The standard InChI is InChI=1S/C20H30O/c1-15(2)16-9-5-12-20(21,13-11-16)19-10-4-8-18(14-19)17-6-3-7-17/h4,8,10,14-17,21H,3,5-7,9,11-13H2,1-2H3. The fourth-order valence-electron chi connectivity index (χ4n) is 4.13. The van der Waals surface area contributed by atoms with E-state index in [4.69, 9.17) is 0 Å². The Morgan fingerprint density at radius 1 is 1.05 bits per heavy atom. The zero-order chi connectivity index (χ0) is 14.9. The van der Waals surface area contributed by atoms with Crippen LogP contribution in [0.5, 0.6) is 0 Å². The Kier molecular flexibility index (Phi) is 4.40. The Labute approximate surface area is 129 Å². The van der Waals surface area contributed by atoms with Crippen LogP contribution in [0.4, 0.5) is 0 Å². The number of hydrogen-bond acceptors (Lipinski definition) is 1. The summed E-state index contributed by atoms with van der Waals surface area (Å²) in [5.41, 5.74) is 2.05. The third kappa shape index (κ3) is 3.18. The van der Waals surface area contributed by atoms with E-state index in [1.54, 1.807) is 0 Å². The summed E-state index contributed by atoms with van der Waals surface area (Å²) in [5.74, 6) is 2.28. The number of rotatable bonds is 3. The van der Waals surface area contributed by atoms with Crippen molar-refractivity contribution in [1.82, 2.24) is 0 Å². The summed E-state index contributed by atoms with van der Waals surface area (Å²) in [7, 11) is 0. The van der Waals surface area contributed by atoms with Crippen molar-refractivity contribution in [3.05, 3.63) is 35.4 Å². The molecule has 21 heavy (non-hydrogen) atoms. The Balaban J connectivity index is 1.78. The molecular weight excluding hydrogens is 256 g/mol. The minimum absolute atomic E-state index is 0.580. The molecule has 1 heteroatoms. The van der Waals surface area contributed by atoms with Gasteiger partial charge in [-0.05, 0) is 67.4 Å². The van der Waals surface area contributed by atoms with Gasteiger partial charge in [0.05, 0.1) is 5.60 Å². The summed E-state index contributed by atoms with van der Waals surface area (Å²) >= 11 is 0. The lowest BCUT2D eigenvalue weighted by Gasteiger charge is -2.31. The fraction of sp³-hybridized carbons (Fsp3) is 0.700. The Morgan fingerprint density at radius 2 is 1.86 bits per heavy atom. The van der Waals surface area contributed by atoms with E-state index in [9.17, 15) is 5.11 Å². The molecule has 0 amide bonds. The van der Waals surface area contributed by atoms with Gasteiger partial charge in [0.2, 0.25) is 0 Å². The van der Waals surface area contributed by atoms with Crippen molar-refractivity contribution < 1.29 is 5.11 Å². The van der Waals surface area contributed by atoms with Gasteiger partial charge in [0.15, 0.2) is 0 Å². The van der Waals surface area contributed by atoms with Crippen molar-refractivity contribution in [2.45, 2.75) is 76.7 Å². The summed E-state index contributed by atoms with van der Waals surface area (Å²) in [4.78, 5) is 0. The Morgan fingerprint density at radius 3 is 2.52 bits per heavy atom. The van der Waals surface area contributed by atoms with Gasteiger partial charge in [0.1, 0.15) is 0 Å². The lowest BCUT2D eigenvalue weighted by Crippen LogP contribution is -2.25. The predicted molar refractivity (Wildman–Crippen MR) is 88.3 cm³/mol. The lowest BCUT2D eigenvalue weighted by atomic mass is 9.77. The maximum atomic E-state index is 11.2. The van der Waals surface area contributed by atoms with E-state index in [0.717, 1.165) is 37.0 Å². The molecule has 1 aromatic carbocycles. The first kappa shape index (κ1) is 15.1. The Hall–Kier alpha value is -0.820. The second kappa shape index (κ2) is 6.12. The van der Waals surface area contributed by atoms with Crippen LogP contribution < -0.4 is 0 Å². The van der Waals surface area contributed by atoms with Crippen molar-refractivity contribution >= 4 is 0 Å². The molecule has 0 spiro atoms. The monoisotopic (exact) mass is 286 g/mol. The maximum Gasteiger partial charge on any atom is 0.0896 e. The van der Waals surface area contributed by atoms with Crippen LogP contribution in [-0.4, -0.2) is 5.11 Å². The highest BCUT2D eigenvalue weighted by molar-refractivity contribution is 5.31. The molecule has 2 aliphatic carbocycles. The smallest absolute Gasteiger partial charge is 0.0896 e. The largest absolute Gasteiger partial charge is 0.385 e. The number of aliphatic hydroxyl groups is 1. The second-order valence-electron chi connectivity index (χ2n) is 7.72. The van der Waals surface area contributed by atoms with Gasteiger partial charge in [-0.1, -0.05) is 51.0 Å². The zero-order valence-corrected chi connectivity index (χ0v) is 13.6. The molecule has 1 N–H and O–H groups in total. The Bertz CT molecular complexity index is 474. The molecule has 2 saturated carbocycles.